The molecule has 2 heteroatoms. The van der Waals surface area contributed by atoms with Gasteiger partial charge in [-0.1, -0.05) is 54.4 Å². The SMILES string of the molecule is CCOCC.CC[C@H](CC[C@@H](C)[C@H]1CC[C@H]2[C@@H]3CC[C@H]4C[C@@H](O)CC[C@]4(C)[C@H]3CC[C@]12C)C(C)C. The molecule has 206 valence electrons. The lowest BCUT2D eigenvalue weighted by molar-refractivity contribution is -0.129. The molecule has 0 aromatic carbocycles. The second-order valence-corrected chi connectivity index (χ2v) is 14.1. The van der Waals surface area contributed by atoms with Crippen molar-refractivity contribution < 1.29 is 9.84 Å². The van der Waals surface area contributed by atoms with E-state index in [1.807, 2.05) is 13.8 Å². The van der Waals surface area contributed by atoms with Crippen LogP contribution in [-0.4, -0.2) is 24.4 Å². The smallest absolute Gasteiger partial charge is 0.0543 e. The minimum Gasteiger partial charge on any atom is -0.393 e. The van der Waals surface area contributed by atoms with Crippen molar-refractivity contribution in [2.45, 2.75) is 139 Å². The molecule has 0 aromatic rings. The molecule has 0 radical (unpaired) electrons. The van der Waals surface area contributed by atoms with Crippen LogP contribution in [-0.2, 0) is 4.74 Å². The van der Waals surface area contributed by atoms with E-state index in [4.69, 9.17) is 4.74 Å². The summed E-state index contributed by atoms with van der Waals surface area (Å²) in [6, 6.07) is 0. The van der Waals surface area contributed by atoms with Gasteiger partial charge in [0, 0.05) is 13.2 Å². The van der Waals surface area contributed by atoms with Crippen LogP contribution >= 0.6 is 0 Å². The Hall–Kier alpha value is -0.0800. The molecule has 4 aliphatic rings. The monoisotopic (exact) mass is 490 g/mol. The van der Waals surface area contributed by atoms with Gasteiger partial charge in [-0.25, -0.2) is 0 Å². The maximum Gasteiger partial charge on any atom is 0.0543 e. The average Bonchev–Trinajstić information content (AvgIpc) is 3.18. The summed E-state index contributed by atoms with van der Waals surface area (Å²) < 4.78 is 4.83. The van der Waals surface area contributed by atoms with Crippen molar-refractivity contribution in [3.05, 3.63) is 0 Å². The molecule has 4 aliphatic carbocycles. The molecule has 0 aliphatic heterocycles. The molecule has 0 saturated heterocycles. The topological polar surface area (TPSA) is 29.5 Å². The van der Waals surface area contributed by atoms with E-state index in [0.29, 0.717) is 10.8 Å². The zero-order valence-electron chi connectivity index (χ0n) is 25.0. The number of hydrogen-bond acceptors (Lipinski definition) is 2. The van der Waals surface area contributed by atoms with Gasteiger partial charge in [0.05, 0.1) is 6.10 Å². The standard InChI is InChI=1S/C29H52O.C4H10O/c1-7-21(19(2)3)9-8-20(4)25-12-13-26-24-11-10-22-18-23(30)14-16-28(22,5)27(24)15-17-29(25,26)6;1-3-5-4-2/h19-27,30H,7-18H2,1-6H3;3-4H2,1-2H3/t20-,21-,22+,23+,24+,25-,26+,27+,28+,29-;/m1./s1. The number of ether oxygens (including phenoxy) is 1. The minimum atomic E-state index is -0.0111. The van der Waals surface area contributed by atoms with E-state index in [9.17, 15) is 5.11 Å². The van der Waals surface area contributed by atoms with Crippen LogP contribution in [0.2, 0.25) is 0 Å². The number of aliphatic hydroxyl groups is 1. The van der Waals surface area contributed by atoms with Crippen molar-refractivity contribution in [2.24, 2.45) is 58.2 Å². The summed E-state index contributed by atoms with van der Waals surface area (Å²) in [5.41, 5.74) is 1.14. The Labute approximate surface area is 219 Å². The summed E-state index contributed by atoms with van der Waals surface area (Å²) in [6.07, 6.45) is 16.5. The van der Waals surface area contributed by atoms with Crippen molar-refractivity contribution in [1.29, 1.82) is 0 Å². The van der Waals surface area contributed by atoms with Crippen LogP contribution in [0.4, 0.5) is 0 Å². The highest BCUT2D eigenvalue weighted by molar-refractivity contribution is 5.09. The van der Waals surface area contributed by atoms with Gasteiger partial charge in [0.2, 0.25) is 0 Å². The van der Waals surface area contributed by atoms with Crippen LogP contribution in [0.25, 0.3) is 0 Å². The Morgan fingerprint density at radius 1 is 0.800 bits per heavy atom. The maximum atomic E-state index is 10.3. The first-order chi connectivity index (χ1) is 16.6. The van der Waals surface area contributed by atoms with Crippen molar-refractivity contribution in [3.63, 3.8) is 0 Å². The second kappa shape index (κ2) is 12.6. The number of rotatable bonds is 8. The lowest BCUT2D eigenvalue weighted by Crippen LogP contribution is -2.54. The highest BCUT2D eigenvalue weighted by atomic mass is 16.5. The zero-order valence-corrected chi connectivity index (χ0v) is 25.0. The van der Waals surface area contributed by atoms with Gasteiger partial charge in [-0.2, -0.15) is 0 Å². The molecule has 4 fully saturated rings. The number of aliphatic hydroxyl groups excluding tert-OH is 1. The van der Waals surface area contributed by atoms with Crippen LogP contribution < -0.4 is 0 Å². The molecule has 0 unspecified atom stereocenters. The van der Waals surface area contributed by atoms with Crippen LogP contribution in [0.3, 0.4) is 0 Å². The van der Waals surface area contributed by atoms with Crippen molar-refractivity contribution in [3.8, 4) is 0 Å². The normalized spacial score (nSPS) is 42.3. The molecule has 2 nitrogen and oxygen atoms in total. The lowest BCUT2D eigenvalue weighted by Gasteiger charge is -2.61. The van der Waals surface area contributed by atoms with E-state index in [1.54, 1.807) is 0 Å². The van der Waals surface area contributed by atoms with Gasteiger partial charge >= 0.3 is 0 Å². The molecule has 0 spiro atoms. The molecule has 1 N–H and O–H groups in total. The van der Waals surface area contributed by atoms with Gasteiger partial charge in [-0.15, -0.1) is 0 Å². The molecule has 0 amide bonds. The first kappa shape index (κ1) is 29.5. The van der Waals surface area contributed by atoms with E-state index in [2.05, 4.69) is 41.5 Å². The highest BCUT2D eigenvalue weighted by Gasteiger charge is 2.60. The average molecular weight is 491 g/mol. The van der Waals surface area contributed by atoms with Crippen LogP contribution in [0.1, 0.15) is 132 Å². The third kappa shape index (κ3) is 6.16. The van der Waals surface area contributed by atoms with E-state index in [0.717, 1.165) is 73.4 Å². The summed E-state index contributed by atoms with van der Waals surface area (Å²) in [5, 5.41) is 10.3. The van der Waals surface area contributed by atoms with Crippen molar-refractivity contribution in [2.75, 3.05) is 13.2 Å². The third-order valence-corrected chi connectivity index (χ3v) is 12.3. The Morgan fingerprint density at radius 3 is 2.06 bits per heavy atom. The molecule has 4 rings (SSSR count). The summed E-state index contributed by atoms with van der Waals surface area (Å²) in [5.74, 6) is 7.34. The van der Waals surface area contributed by atoms with Crippen LogP contribution in [0, 0.1) is 58.2 Å². The summed E-state index contributed by atoms with van der Waals surface area (Å²) in [4.78, 5) is 0. The Balaban J connectivity index is 0.000000623. The molecular formula is C33H62O2. The Bertz CT molecular complexity index is 629. The van der Waals surface area contributed by atoms with Gasteiger partial charge in [0.25, 0.3) is 0 Å². The molecular weight excluding hydrogens is 428 g/mol. The van der Waals surface area contributed by atoms with E-state index in [-0.39, 0.29) is 6.10 Å². The van der Waals surface area contributed by atoms with Gasteiger partial charge in [-0.3, -0.25) is 0 Å². The van der Waals surface area contributed by atoms with E-state index in [1.165, 1.54) is 64.2 Å². The van der Waals surface area contributed by atoms with Gasteiger partial charge in [-0.05, 0) is 136 Å². The highest BCUT2D eigenvalue weighted by Crippen LogP contribution is 2.68. The molecule has 0 bridgehead atoms. The number of fused-ring (bicyclic) bond motifs is 5. The predicted octanol–water partition coefficient (Wildman–Crippen LogP) is 9.15. The third-order valence-electron chi connectivity index (χ3n) is 12.3. The summed E-state index contributed by atoms with van der Waals surface area (Å²) >= 11 is 0. The number of hydrogen-bond donors (Lipinski definition) is 1. The van der Waals surface area contributed by atoms with Crippen molar-refractivity contribution >= 4 is 0 Å². The van der Waals surface area contributed by atoms with Gasteiger partial charge in [0.1, 0.15) is 0 Å². The van der Waals surface area contributed by atoms with E-state index < -0.39 is 0 Å². The lowest BCUT2D eigenvalue weighted by atomic mass is 9.44. The Morgan fingerprint density at radius 2 is 1.46 bits per heavy atom. The Kier molecular flexibility index (Phi) is 10.6. The largest absolute Gasteiger partial charge is 0.393 e. The van der Waals surface area contributed by atoms with Crippen LogP contribution in [0.15, 0.2) is 0 Å². The fourth-order valence-electron chi connectivity index (χ4n) is 10.1. The fourth-order valence-corrected chi connectivity index (χ4v) is 10.1. The first-order valence-electron chi connectivity index (χ1n) is 15.9. The van der Waals surface area contributed by atoms with E-state index >= 15 is 0 Å². The minimum absolute atomic E-state index is 0.0111. The molecule has 0 aromatic heterocycles. The molecule has 10 atom stereocenters. The van der Waals surface area contributed by atoms with Crippen molar-refractivity contribution in [1.82, 2.24) is 0 Å². The first-order valence-corrected chi connectivity index (χ1v) is 15.9. The van der Waals surface area contributed by atoms with Gasteiger partial charge < -0.3 is 9.84 Å². The summed E-state index contributed by atoms with van der Waals surface area (Å²) in [6.45, 7) is 20.9. The molecule has 0 heterocycles. The summed E-state index contributed by atoms with van der Waals surface area (Å²) in [7, 11) is 0. The van der Waals surface area contributed by atoms with Crippen LogP contribution in [0.5, 0.6) is 0 Å². The zero-order chi connectivity index (χ0) is 25.8. The maximum absolute atomic E-state index is 10.3. The molecule has 35 heavy (non-hydrogen) atoms. The second-order valence-electron chi connectivity index (χ2n) is 14.1. The predicted molar refractivity (Wildman–Crippen MR) is 150 cm³/mol. The quantitative estimate of drug-likeness (QED) is 0.367. The van der Waals surface area contributed by atoms with Gasteiger partial charge in [0.15, 0.2) is 0 Å². The fraction of sp³-hybridized carbons (Fsp3) is 1.00. The molecule has 4 saturated carbocycles.